The molecule has 0 spiro atoms. The Kier molecular flexibility index (Phi) is 1.73. The van der Waals surface area contributed by atoms with Crippen LogP contribution in [0.15, 0.2) is 33.5 Å². The highest BCUT2D eigenvalue weighted by Crippen LogP contribution is 2.22. The quantitative estimate of drug-likeness (QED) is 0.625. The van der Waals surface area contributed by atoms with Crippen LogP contribution in [0, 0.1) is 0 Å². The first-order chi connectivity index (χ1) is 6.09. The Labute approximate surface area is 77.0 Å². The van der Waals surface area contributed by atoms with Crippen molar-refractivity contribution in [1.29, 1.82) is 0 Å². The minimum Gasteiger partial charge on any atom is -0.272 e. The zero-order valence-corrected chi connectivity index (χ0v) is 8.00. The zero-order valence-electron chi connectivity index (χ0n) is 7.19. The van der Waals surface area contributed by atoms with E-state index in [1.165, 1.54) is 6.26 Å². The van der Waals surface area contributed by atoms with E-state index in [1.807, 2.05) is 18.2 Å². The fourth-order valence-electron chi connectivity index (χ4n) is 1.46. The molecule has 1 amide bonds. The van der Waals surface area contributed by atoms with Crippen molar-refractivity contribution in [2.45, 2.75) is 11.3 Å². The number of hydrogen-bond acceptors (Lipinski definition) is 2. The van der Waals surface area contributed by atoms with Crippen LogP contribution in [0.1, 0.15) is 5.56 Å². The second-order valence-corrected chi connectivity index (χ2v) is 5.30. The average Bonchev–Trinajstić information content (AvgIpc) is 2.02. The molecule has 0 saturated carbocycles. The molecule has 0 aliphatic carbocycles. The van der Waals surface area contributed by atoms with Crippen LogP contribution in [0.4, 0.5) is 0 Å². The molecular weight excluding hydrogens is 186 g/mol. The van der Waals surface area contributed by atoms with Crippen LogP contribution in [-0.2, 0) is 20.9 Å². The van der Waals surface area contributed by atoms with E-state index >= 15 is 0 Å². The molecule has 0 aromatic heterocycles. The van der Waals surface area contributed by atoms with Gasteiger partial charge in [0.05, 0.1) is 21.0 Å². The van der Waals surface area contributed by atoms with Crippen molar-refractivity contribution in [3.63, 3.8) is 0 Å². The molecule has 1 unspecified atom stereocenters. The van der Waals surface area contributed by atoms with E-state index < -0.39 is 9.73 Å². The van der Waals surface area contributed by atoms with E-state index in [-0.39, 0.29) is 12.3 Å². The van der Waals surface area contributed by atoms with Crippen LogP contribution >= 0.6 is 0 Å². The monoisotopic (exact) mass is 195 g/mol. The standard InChI is InChI=1S/C9H9NO2S/c1-13(12)8-5-3-2-4-7(8)6-9(11)10-13/h2-5H,6H2,1H3. The summed E-state index contributed by atoms with van der Waals surface area (Å²) >= 11 is 0. The maximum atomic E-state index is 11.9. The third-order valence-electron chi connectivity index (χ3n) is 2.00. The summed E-state index contributed by atoms with van der Waals surface area (Å²) in [5.74, 6) is -0.286. The van der Waals surface area contributed by atoms with Gasteiger partial charge in [-0.05, 0) is 11.6 Å². The Hall–Kier alpha value is -1.16. The maximum Gasteiger partial charge on any atom is 0.258 e. The molecule has 2 rings (SSSR count). The van der Waals surface area contributed by atoms with Crippen molar-refractivity contribution in [2.24, 2.45) is 4.36 Å². The summed E-state index contributed by atoms with van der Waals surface area (Å²) in [6.07, 6.45) is 1.78. The summed E-state index contributed by atoms with van der Waals surface area (Å²) in [5, 5.41) is 0. The summed E-state index contributed by atoms with van der Waals surface area (Å²) < 4.78 is 15.5. The van der Waals surface area contributed by atoms with Gasteiger partial charge in [0.2, 0.25) is 0 Å². The summed E-state index contributed by atoms with van der Waals surface area (Å²) in [5.41, 5.74) is 0.843. The van der Waals surface area contributed by atoms with E-state index in [4.69, 9.17) is 0 Å². The number of nitrogens with zero attached hydrogens (tertiary/aromatic N) is 1. The topological polar surface area (TPSA) is 46.5 Å². The van der Waals surface area contributed by atoms with E-state index in [0.29, 0.717) is 4.90 Å². The first kappa shape index (κ1) is 8.44. The van der Waals surface area contributed by atoms with Gasteiger partial charge in [-0.25, -0.2) is 4.21 Å². The highest BCUT2D eigenvalue weighted by Gasteiger charge is 2.20. The molecule has 4 heteroatoms. The predicted molar refractivity (Wildman–Crippen MR) is 49.9 cm³/mol. The van der Waals surface area contributed by atoms with Crippen LogP contribution in [-0.4, -0.2) is 16.4 Å². The lowest BCUT2D eigenvalue weighted by molar-refractivity contribution is -0.117. The normalized spacial score (nSPS) is 26.4. The number of benzene rings is 1. The molecule has 13 heavy (non-hydrogen) atoms. The molecule has 68 valence electrons. The lowest BCUT2D eigenvalue weighted by atomic mass is 10.1. The summed E-state index contributed by atoms with van der Waals surface area (Å²) in [7, 11) is -2.47. The van der Waals surface area contributed by atoms with Crippen molar-refractivity contribution in [1.82, 2.24) is 0 Å². The lowest BCUT2D eigenvalue weighted by Crippen LogP contribution is -2.14. The molecule has 0 fully saturated rings. The van der Waals surface area contributed by atoms with Crippen molar-refractivity contribution < 1.29 is 9.00 Å². The Balaban J connectivity index is 2.77. The Morgan fingerprint density at radius 1 is 1.38 bits per heavy atom. The van der Waals surface area contributed by atoms with Gasteiger partial charge in [0.1, 0.15) is 0 Å². The van der Waals surface area contributed by atoms with Gasteiger partial charge < -0.3 is 0 Å². The SMILES string of the molecule is CS1(=O)=NC(=O)Cc2ccccc21. The first-order valence-electron chi connectivity index (χ1n) is 3.92. The molecule has 1 aliphatic rings. The van der Waals surface area contributed by atoms with Gasteiger partial charge in [-0.2, -0.15) is 4.36 Å². The second kappa shape index (κ2) is 2.67. The third kappa shape index (κ3) is 1.37. The Morgan fingerprint density at radius 3 is 2.85 bits per heavy atom. The number of hydrogen-bond donors (Lipinski definition) is 0. The van der Waals surface area contributed by atoms with Gasteiger partial charge in [0.15, 0.2) is 0 Å². The highest BCUT2D eigenvalue weighted by molar-refractivity contribution is 7.93. The van der Waals surface area contributed by atoms with Gasteiger partial charge in [0, 0.05) is 6.26 Å². The van der Waals surface area contributed by atoms with E-state index in [9.17, 15) is 9.00 Å². The van der Waals surface area contributed by atoms with Crippen molar-refractivity contribution in [3.05, 3.63) is 29.8 Å². The molecule has 0 bridgehead atoms. The molecule has 3 nitrogen and oxygen atoms in total. The number of rotatable bonds is 0. The van der Waals surface area contributed by atoms with E-state index in [1.54, 1.807) is 6.07 Å². The van der Waals surface area contributed by atoms with Crippen LogP contribution in [0.25, 0.3) is 0 Å². The smallest absolute Gasteiger partial charge is 0.258 e. The predicted octanol–water partition coefficient (Wildman–Crippen LogP) is 1.23. The van der Waals surface area contributed by atoms with Gasteiger partial charge in [-0.3, -0.25) is 4.79 Å². The van der Waals surface area contributed by atoms with Crippen molar-refractivity contribution in [3.8, 4) is 0 Å². The fraction of sp³-hybridized carbons (Fsp3) is 0.222. The molecule has 1 atom stereocenters. The fourth-order valence-corrected chi connectivity index (χ4v) is 2.97. The molecule has 0 N–H and O–H groups in total. The number of fused-ring (bicyclic) bond motifs is 1. The van der Waals surface area contributed by atoms with Crippen LogP contribution < -0.4 is 0 Å². The van der Waals surface area contributed by atoms with Crippen LogP contribution in [0.5, 0.6) is 0 Å². The van der Waals surface area contributed by atoms with Gasteiger partial charge >= 0.3 is 0 Å². The third-order valence-corrected chi connectivity index (χ3v) is 3.76. The van der Waals surface area contributed by atoms with Crippen LogP contribution in [0.3, 0.4) is 0 Å². The first-order valence-corrected chi connectivity index (χ1v) is 5.85. The molecule has 1 aliphatic heterocycles. The molecule has 1 aromatic rings. The molecule has 0 radical (unpaired) electrons. The number of carbonyl (C=O) groups is 1. The van der Waals surface area contributed by atoms with Gasteiger partial charge in [-0.1, -0.05) is 18.2 Å². The van der Waals surface area contributed by atoms with E-state index in [0.717, 1.165) is 5.56 Å². The maximum absolute atomic E-state index is 11.9. The number of carbonyl (C=O) groups excluding carboxylic acids is 1. The molecule has 1 heterocycles. The summed E-state index contributed by atoms with van der Waals surface area (Å²) in [4.78, 5) is 11.8. The van der Waals surface area contributed by atoms with Crippen molar-refractivity contribution >= 4 is 15.6 Å². The molecular formula is C9H9NO2S. The summed E-state index contributed by atoms with van der Waals surface area (Å²) in [6.45, 7) is 0. The lowest BCUT2D eigenvalue weighted by Gasteiger charge is -2.13. The highest BCUT2D eigenvalue weighted by atomic mass is 32.2. The number of amides is 1. The van der Waals surface area contributed by atoms with Crippen LogP contribution in [0.2, 0.25) is 0 Å². The Morgan fingerprint density at radius 2 is 2.08 bits per heavy atom. The largest absolute Gasteiger partial charge is 0.272 e. The Bertz CT molecular complexity index is 484. The minimum absolute atomic E-state index is 0.279. The average molecular weight is 195 g/mol. The second-order valence-electron chi connectivity index (χ2n) is 3.07. The molecule has 0 saturated heterocycles. The van der Waals surface area contributed by atoms with E-state index in [2.05, 4.69) is 4.36 Å². The van der Waals surface area contributed by atoms with Crippen molar-refractivity contribution in [2.75, 3.05) is 6.26 Å². The molecule has 1 aromatic carbocycles. The zero-order chi connectivity index (χ0) is 9.47. The van der Waals surface area contributed by atoms with Gasteiger partial charge in [0.25, 0.3) is 5.91 Å². The summed E-state index contributed by atoms with van der Waals surface area (Å²) in [6, 6.07) is 7.25. The minimum atomic E-state index is -2.47. The van der Waals surface area contributed by atoms with Gasteiger partial charge in [-0.15, -0.1) is 0 Å².